The highest BCUT2D eigenvalue weighted by Gasteiger charge is 2.12. The molecule has 1 amide bonds. The molecule has 0 saturated carbocycles. The van der Waals surface area contributed by atoms with Gasteiger partial charge in [-0.3, -0.25) is 4.79 Å². The van der Waals surface area contributed by atoms with Crippen LogP contribution in [0.1, 0.15) is 32.8 Å². The maximum absolute atomic E-state index is 11.6. The average molecular weight is 357 g/mol. The van der Waals surface area contributed by atoms with E-state index in [2.05, 4.69) is 42.0 Å². The molecule has 1 N–H and O–H groups in total. The van der Waals surface area contributed by atoms with Crippen LogP contribution in [0, 0.1) is 0 Å². The monoisotopic (exact) mass is 356 g/mol. The highest BCUT2D eigenvalue weighted by atomic mass is 79.9. The minimum absolute atomic E-state index is 0.0421. The van der Waals surface area contributed by atoms with Crippen molar-refractivity contribution in [2.75, 3.05) is 20.7 Å². The number of nitrogens with zero attached hydrogens (tertiary/aromatic N) is 1. The fourth-order valence-electron chi connectivity index (χ4n) is 1.66. The smallest absolute Gasteiger partial charge is 0.225 e. The molecule has 0 atom stereocenters. The molecule has 21 heavy (non-hydrogen) atoms. The van der Waals surface area contributed by atoms with Crippen LogP contribution >= 0.6 is 15.9 Å². The predicted octanol–water partition coefficient (Wildman–Crippen LogP) is 3.19. The van der Waals surface area contributed by atoms with Crippen LogP contribution in [0.2, 0.25) is 0 Å². The number of amides is 1. The highest BCUT2D eigenvalue weighted by Crippen LogP contribution is 2.24. The van der Waals surface area contributed by atoms with Gasteiger partial charge in [-0.1, -0.05) is 15.9 Å². The zero-order chi connectivity index (χ0) is 16.0. The van der Waals surface area contributed by atoms with E-state index in [1.54, 1.807) is 19.0 Å². The third-order valence-electron chi connectivity index (χ3n) is 2.90. The molecule has 0 heterocycles. The number of carbonyl (C=O) groups is 1. The summed E-state index contributed by atoms with van der Waals surface area (Å²) in [7, 11) is 3.50. The number of benzene rings is 1. The van der Waals surface area contributed by atoms with Gasteiger partial charge in [-0.2, -0.15) is 0 Å². The van der Waals surface area contributed by atoms with E-state index < -0.39 is 0 Å². The number of rotatable bonds is 6. The molecule has 1 rings (SSSR count). The summed E-state index contributed by atoms with van der Waals surface area (Å²) in [5.74, 6) is 0.892. The van der Waals surface area contributed by atoms with Crippen LogP contribution < -0.4 is 10.1 Å². The Kier molecular flexibility index (Phi) is 6.68. The van der Waals surface area contributed by atoms with Crippen molar-refractivity contribution in [1.29, 1.82) is 0 Å². The summed E-state index contributed by atoms with van der Waals surface area (Å²) in [5.41, 5.74) is 1.12. The Morgan fingerprint density at radius 1 is 1.33 bits per heavy atom. The van der Waals surface area contributed by atoms with Gasteiger partial charge in [-0.15, -0.1) is 0 Å². The second-order valence-electron chi connectivity index (χ2n) is 6.24. The van der Waals surface area contributed by atoms with Crippen molar-refractivity contribution in [1.82, 2.24) is 10.2 Å². The Balaban J connectivity index is 2.66. The zero-order valence-corrected chi connectivity index (χ0v) is 15.1. The fourth-order valence-corrected chi connectivity index (χ4v) is 2.07. The van der Waals surface area contributed by atoms with Crippen molar-refractivity contribution in [2.24, 2.45) is 0 Å². The van der Waals surface area contributed by atoms with Crippen molar-refractivity contribution < 1.29 is 9.53 Å². The van der Waals surface area contributed by atoms with E-state index in [4.69, 9.17) is 4.74 Å². The van der Waals surface area contributed by atoms with E-state index in [1.165, 1.54) is 0 Å². The molecule has 0 radical (unpaired) electrons. The van der Waals surface area contributed by atoms with E-state index >= 15 is 0 Å². The maximum Gasteiger partial charge on any atom is 0.225 e. The van der Waals surface area contributed by atoms with E-state index in [1.807, 2.05) is 18.2 Å². The van der Waals surface area contributed by atoms with Crippen LogP contribution in [0.15, 0.2) is 22.7 Å². The largest absolute Gasteiger partial charge is 0.493 e. The van der Waals surface area contributed by atoms with Gasteiger partial charge < -0.3 is 15.0 Å². The number of hydrogen-bond acceptors (Lipinski definition) is 3. The third kappa shape index (κ3) is 6.96. The minimum Gasteiger partial charge on any atom is -0.493 e. The van der Waals surface area contributed by atoms with Gasteiger partial charge in [0.1, 0.15) is 5.75 Å². The first kappa shape index (κ1) is 18.0. The average Bonchev–Trinajstić information content (AvgIpc) is 2.37. The van der Waals surface area contributed by atoms with Crippen molar-refractivity contribution >= 4 is 21.8 Å². The Hall–Kier alpha value is -1.07. The van der Waals surface area contributed by atoms with Gasteiger partial charge in [0, 0.05) is 36.2 Å². The second-order valence-corrected chi connectivity index (χ2v) is 7.16. The molecule has 0 saturated heterocycles. The Morgan fingerprint density at radius 2 is 2.00 bits per heavy atom. The van der Waals surface area contributed by atoms with Crippen molar-refractivity contribution in [3.63, 3.8) is 0 Å². The van der Waals surface area contributed by atoms with Crippen LogP contribution in [-0.4, -0.2) is 37.0 Å². The molecule has 0 aromatic heterocycles. The second kappa shape index (κ2) is 7.80. The Bertz CT molecular complexity index is 482. The van der Waals surface area contributed by atoms with Crippen LogP contribution in [-0.2, 0) is 11.3 Å². The van der Waals surface area contributed by atoms with Gasteiger partial charge in [0.15, 0.2) is 0 Å². The summed E-state index contributed by atoms with van der Waals surface area (Å²) in [5, 5.41) is 3.45. The molecular formula is C16H25BrN2O2. The van der Waals surface area contributed by atoms with Gasteiger partial charge in [0.25, 0.3) is 0 Å². The Morgan fingerprint density at radius 3 is 2.57 bits per heavy atom. The van der Waals surface area contributed by atoms with Crippen LogP contribution in [0.25, 0.3) is 0 Å². The summed E-state index contributed by atoms with van der Waals surface area (Å²) in [6, 6.07) is 5.93. The maximum atomic E-state index is 11.6. The molecule has 0 aliphatic carbocycles. The standard InChI is InChI=1S/C16H25BrN2O2/c1-16(2,3)18-11-12-10-13(17)6-7-14(12)21-9-8-15(20)19(4)5/h6-7,10,18H,8-9,11H2,1-5H3. The molecule has 0 aliphatic heterocycles. The van der Waals surface area contributed by atoms with E-state index in [9.17, 15) is 4.79 Å². The lowest BCUT2D eigenvalue weighted by Gasteiger charge is -2.22. The first-order valence-electron chi connectivity index (χ1n) is 7.05. The SMILES string of the molecule is CN(C)C(=O)CCOc1ccc(Br)cc1CNC(C)(C)C. The van der Waals surface area contributed by atoms with E-state index in [-0.39, 0.29) is 11.4 Å². The fraction of sp³-hybridized carbons (Fsp3) is 0.562. The molecule has 4 nitrogen and oxygen atoms in total. The van der Waals surface area contributed by atoms with Crippen LogP contribution in [0.4, 0.5) is 0 Å². The third-order valence-corrected chi connectivity index (χ3v) is 3.40. The summed E-state index contributed by atoms with van der Waals surface area (Å²) >= 11 is 3.48. The van der Waals surface area contributed by atoms with Gasteiger partial charge >= 0.3 is 0 Å². The normalized spacial score (nSPS) is 11.3. The van der Waals surface area contributed by atoms with E-state index in [0.29, 0.717) is 13.0 Å². The molecule has 118 valence electrons. The van der Waals surface area contributed by atoms with E-state index in [0.717, 1.165) is 22.3 Å². The lowest BCUT2D eigenvalue weighted by atomic mass is 10.1. The molecule has 0 fully saturated rings. The summed E-state index contributed by atoms with van der Waals surface area (Å²) in [4.78, 5) is 13.1. The number of hydrogen-bond donors (Lipinski definition) is 1. The highest BCUT2D eigenvalue weighted by molar-refractivity contribution is 9.10. The molecule has 0 unspecified atom stereocenters. The summed E-state index contributed by atoms with van der Waals surface area (Å²) in [6.45, 7) is 7.49. The number of ether oxygens (including phenoxy) is 1. The quantitative estimate of drug-likeness (QED) is 0.850. The molecule has 5 heteroatoms. The first-order valence-corrected chi connectivity index (χ1v) is 7.85. The lowest BCUT2D eigenvalue weighted by Crippen LogP contribution is -2.35. The van der Waals surface area contributed by atoms with Crippen LogP contribution in [0.5, 0.6) is 5.75 Å². The molecular weight excluding hydrogens is 332 g/mol. The van der Waals surface area contributed by atoms with Crippen molar-refractivity contribution in [2.45, 2.75) is 39.3 Å². The van der Waals surface area contributed by atoms with Gasteiger partial charge in [0.2, 0.25) is 5.91 Å². The number of carbonyl (C=O) groups excluding carboxylic acids is 1. The topological polar surface area (TPSA) is 41.6 Å². The van der Waals surface area contributed by atoms with Crippen molar-refractivity contribution in [3.8, 4) is 5.75 Å². The van der Waals surface area contributed by atoms with Gasteiger partial charge in [0.05, 0.1) is 13.0 Å². The Labute approximate surface area is 136 Å². The van der Waals surface area contributed by atoms with Gasteiger partial charge in [-0.25, -0.2) is 0 Å². The zero-order valence-electron chi connectivity index (χ0n) is 13.5. The number of nitrogens with one attached hydrogen (secondary N) is 1. The molecule has 1 aromatic carbocycles. The minimum atomic E-state index is 0.0421. The summed E-state index contributed by atoms with van der Waals surface area (Å²) in [6.07, 6.45) is 0.384. The molecule has 0 bridgehead atoms. The molecule has 0 spiro atoms. The predicted molar refractivity (Wildman–Crippen MR) is 89.5 cm³/mol. The summed E-state index contributed by atoms with van der Waals surface area (Å²) < 4.78 is 6.79. The lowest BCUT2D eigenvalue weighted by molar-refractivity contribution is -0.129. The number of halogens is 1. The first-order chi connectivity index (χ1) is 9.69. The van der Waals surface area contributed by atoms with Crippen LogP contribution in [0.3, 0.4) is 0 Å². The molecule has 1 aromatic rings. The van der Waals surface area contributed by atoms with Gasteiger partial charge in [-0.05, 0) is 39.0 Å². The van der Waals surface area contributed by atoms with Crippen molar-refractivity contribution in [3.05, 3.63) is 28.2 Å². The molecule has 0 aliphatic rings.